The Kier molecular flexibility index (Phi) is 5.25. The molecule has 1 aliphatic heterocycles. The van der Waals surface area contributed by atoms with E-state index in [1.54, 1.807) is 19.5 Å². The number of anilines is 1. The van der Waals surface area contributed by atoms with Gasteiger partial charge in [-0.15, -0.1) is 0 Å². The van der Waals surface area contributed by atoms with Crippen molar-refractivity contribution >= 4 is 11.7 Å². The van der Waals surface area contributed by atoms with Crippen LogP contribution in [0.2, 0.25) is 0 Å². The molecule has 1 aromatic carbocycles. The highest BCUT2D eigenvalue weighted by Crippen LogP contribution is 2.16. The van der Waals surface area contributed by atoms with Gasteiger partial charge in [0.15, 0.2) is 0 Å². The molecular weight excluding hydrogens is 304 g/mol. The molecule has 0 spiro atoms. The van der Waals surface area contributed by atoms with Crippen LogP contribution in [-0.2, 0) is 6.42 Å². The normalized spacial score (nSPS) is 13.8. The van der Waals surface area contributed by atoms with Gasteiger partial charge in [0.25, 0.3) is 5.91 Å². The van der Waals surface area contributed by atoms with Gasteiger partial charge in [-0.1, -0.05) is 12.1 Å². The van der Waals surface area contributed by atoms with E-state index in [1.807, 2.05) is 24.3 Å². The minimum Gasteiger partial charge on any atom is -0.497 e. The number of aromatic nitrogens is 2. The molecule has 0 atom stereocenters. The largest absolute Gasteiger partial charge is 0.497 e. The molecule has 0 unspecified atom stereocenters. The first kappa shape index (κ1) is 16.2. The second-order valence-electron chi connectivity index (χ2n) is 5.81. The van der Waals surface area contributed by atoms with Crippen molar-refractivity contribution in [3.8, 4) is 5.75 Å². The van der Waals surface area contributed by atoms with Crippen LogP contribution in [0, 0.1) is 0 Å². The van der Waals surface area contributed by atoms with Crippen LogP contribution in [0.15, 0.2) is 36.7 Å². The van der Waals surface area contributed by atoms with Crippen LogP contribution in [0.25, 0.3) is 0 Å². The number of benzene rings is 1. The fraction of sp³-hybridized carbons (Fsp3) is 0.389. The molecule has 0 radical (unpaired) electrons. The predicted molar refractivity (Wildman–Crippen MR) is 92.5 cm³/mol. The highest BCUT2D eigenvalue weighted by atomic mass is 16.5. The Morgan fingerprint density at radius 3 is 2.79 bits per heavy atom. The maximum Gasteiger partial charge on any atom is 0.271 e. The average molecular weight is 326 g/mol. The zero-order chi connectivity index (χ0) is 16.8. The second kappa shape index (κ2) is 7.77. The Hall–Kier alpha value is -2.63. The van der Waals surface area contributed by atoms with Crippen molar-refractivity contribution in [2.24, 2.45) is 0 Å². The zero-order valence-electron chi connectivity index (χ0n) is 13.9. The summed E-state index contributed by atoms with van der Waals surface area (Å²) < 4.78 is 5.20. The Balaban J connectivity index is 1.51. The highest BCUT2D eigenvalue weighted by molar-refractivity contribution is 5.92. The quantitative estimate of drug-likeness (QED) is 0.880. The first-order chi connectivity index (χ1) is 11.8. The van der Waals surface area contributed by atoms with E-state index in [0.717, 1.165) is 36.6 Å². The van der Waals surface area contributed by atoms with Gasteiger partial charge >= 0.3 is 0 Å². The molecule has 126 valence electrons. The van der Waals surface area contributed by atoms with Crippen molar-refractivity contribution in [3.63, 3.8) is 0 Å². The summed E-state index contributed by atoms with van der Waals surface area (Å²) in [7, 11) is 1.64. The molecule has 1 aromatic heterocycles. The smallest absolute Gasteiger partial charge is 0.271 e. The summed E-state index contributed by atoms with van der Waals surface area (Å²) in [6, 6.07) is 7.83. The molecule has 0 saturated carbocycles. The molecule has 1 N–H and O–H groups in total. The lowest BCUT2D eigenvalue weighted by Gasteiger charge is -2.15. The fourth-order valence-corrected chi connectivity index (χ4v) is 2.79. The van der Waals surface area contributed by atoms with Crippen molar-refractivity contribution in [2.45, 2.75) is 19.3 Å². The third-order valence-corrected chi connectivity index (χ3v) is 4.13. The SMILES string of the molecule is COc1cccc(CCNC(=O)c2cnc(N3CCCC3)cn2)c1. The Morgan fingerprint density at radius 1 is 1.25 bits per heavy atom. The fourth-order valence-electron chi connectivity index (χ4n) is 2.79. The lowest BCUT2D eigenvalue weighted by Crippen LogP contribution is -2.27. The first-order valence-electron chi connectivity index (χ1n) is 8.24. The van der Waals surface area contributed by atoms with E-state index < -0.39 is 0 Å². The van der Waals surface area contributed by atoms with Gasteiger partial charge in [0, 0.05) is 19.6 Å². The topological polar surface area (TPSA) is 67.3 Å². The summed E-state index contributed by atoms with van der Waals surface area (Å²) in [5.74, 6) is 1.47. The molecule has 1 fully saturated rings. The number of nitrogens with zero attached hydrogens (tertiary/aromatic N) is 3. The number of carbonyl (C=O) groups excluding carboxylic acids is 1. The molecule has 6 nitrogen and oxygen atoms in total. The number of amides is 1. The van der Waals surface area contributed by atoms with Crippen molar-refractivity contribution < 1.29 is 9.53 Å². The summed E-state index contributed by atoms with van der Waals surface area (Å²) in [5.41, 5.74) is 1.47. The minimum absolute atomic E-state index is 0.196. The molecule has 2 aromatic rings. The number of methoxy groups -OCH3 is 1. The number of rotatable bonds is 6. The molecule has 1 saturated heterocycles. The highest BCUT2D eigenvalue weighted by Gasteiger charge is 2.15. The number of hydrogen-bond donors (Lipinski definition) is 1. The monoisotopic (exact) mass is 326 g/mol. The lowest BCUT2D eigenvalue weighted by atomic mass is 10.1. The number of ether oxygens (including phenoxy) is 1. The van der Waals surface area contributed by atoms with Crippen LogP contribution in [0.1, 0.15) is 28.9 Å². The molecule has 6 heteroatoms. The summed E-state index contributed by atoms with van der Waals surface area (Å²) >= 11 is 0. The molecule has 0 aliphatic carbocycles. The molecule has 3 rings (SSSR count). The second-order valence-corrected chi connectivity index (χ2v) is 5.81. The van der Waals surface area contributed by atoms with E-state index in [0.29, 0.717) is 12.2 Å². The van der Waals surface area contributed by atoms with Gasteiger partial charge in [0.1, 0.15) is 17.3 Å². The van der Waals surface area contributed by atoms with E-state index >= 15 is 0 Å². The van der Waals surface area contributed by atoms with Crippen LogP contribution in [-0.4, -0.2) is 42.6 Å². The Bertz CT molecular complexity index is 682. The summed E-state index contributed by atoms with van der Waals surface area (Å²) in [4.78, 5) is 22.9. The van der Waals surface area contributed by atoms with E-state index in [9.17, 15) is 4.79 Å². The zero-order valence-corrected chi connectivity index (χ0v) is 13.9. The van der Waals surface area contributed by atoms with Gasteiger partial charge in [-0.3, -0.25) is 4.79 Å². The van der Waals surface area contributed by atoms with E-state index in [1.165, 1.54) is 12.8 Å². The Morgan fingerprint density at radius 2 is 2.08 bits per heavy atom. The van der Waals surface area contributed by atoms with Gasteiger partial charge in [0.05, 0.1) is 19.5 Å². The van der Waals surface area contributed by atoms with Gasteiger partial charge < -0.3 is 15.0 Å². The third-order valence-electron chi connectivity index (χ3n) is 4.13. The molecule has 1 aliphatic rings. The Labute approximate surface area is 141 Å². The lowest BCUT2D eigenvalue weighted by molar-refractivity contribution is 0.0949. The molecular formula is C18H22N4O2. The van der Waals surface area contributed by atoms with Crippen LogP contribution in [0.3, 0.4) is 0 Å². The van der Waals surface area contributed by atoms with E-state index in [-0.39, 0.29) is 5.91 Å². The maximum absolute atomic E-state index is 12.1. The average Bonchev–Trinajstić information content (AvgIpc) is 3.16. The van der Waals surface area contributed by atoms with Crippen molar-refractivity contribution in [1.29, 1.82) is 0 Å². The van der Waals surface area contributed by atoms with Crippen LogP contribution in [0.5, 0.6) is 5.75 Å². The number of carbonyl (C=O) groups is 1. The van der Waals surface area contributed by atoms with Crippen molar-refractivity contribution in [2.75, 3.05) is 31.6 Å². The number of hydrogen-bond acceptors (Lipinski definition) is 5. The van der Waals surface area contributed by atoms with E-state index in [2.05, 4.69) is 20.2 Å². The van der Waals surface area contributed by atoms with Crippen LogP contribution >= 0.6 is 0 Å². The van der Waals surface area contributed by atoms with Crippen LogP contribution < -0.4 is 15.0 Å². The minimum atomic E-state index is -0.196. The van der Waals surface area contributed by atoms with Crippen molar-refractivity contribution in [3.05, 3.63) is 47.9 Å². The molecule has 1 amide bonds. The van der Waals surface area contributed by atoms with Crippen LogP contribution in [0.4, 0.5) is 5.82 Å². The van der Waals surface area contributed by atoms with Gasteiger partial charge in [0.2, 0.25) is 0 Å². The third kappa shape index (κ3) is 4.01. The number of nitrogens with one attached hydrogen (secondary N) is 1. The predicted octanol–water partition coefficient (Wildman–Crippen LogP) is 2.06. The standard InChI is InChI=1S/C18H22N4O2/c1-24-15-6-4-5-14(11-15)7-8-19-18(23)16-12-21-17(13-20-16)22-9-2-3-10-22/h4-6,11-13H,2-3,7-10H2,1H3,(H,19,23). The molecule has 2 heterocycles. The maximum atomic E-state index is 12.1. The van der Waals surface area contributed by atoms with E-state index in [4.69, 9.17) is 4.74 Å². The van der Waals surface area contributed by atoms with Gasteiger partial charge in [-0.25, -0.2) is 9.97 Å². The van der Waals surface area contributed by atoms with Gasteiger partial charge in [-0.2, -0.15) is 0 Å². The van der Waals surface area contributed by atoms with Crippen molar-refractivity contribution in [1.82, 2.24) is 15.3 Å². The summed E-state index contributed by atoms with van der Waals surface area (Å²) in [6.07, 6.45) is 6.35. The molecule has 24 heavy (non-hydrogen) atoms. The summed E-state index contributed by atoms with van der Waals surface area (Å²) in [5, 5.41) is 2.88. The van der Waals surface area contributed by atoms with Gasteiger partial charge in [-0.05, 0) is 37.0 Å². The summed E-state index contributed by atoms with van der Waals surface area (Å²) in [6.45, 7) is 2.57. The first-order valence-corrected chi connectivity index (χ1v) is 8.24. The molecule has 0 bridgehead atoms.